The van der Waals surface area contributed by atoms with Gasteiger partial charge in [-0.25, -0.2) is 4.79 Å². The number of hydrogen-bond acceptors (Lipinski definition) is 6. The third-order valence-electron chi connectivity index (χ3n) is 4.00. The van der Waals surface area contributed by atoms with Gasteiger partial charge in [-0.05, 0) is 31.2 Å². The average Bonchev–Trinajstić information content (AvgIpc) is 2.64. The van der Waals surface area contributed by atoms with Gasteiger partial charge >= 0.3 is 12.0 Å². The molecule has 1 atom stereocenters. The lowest BCUT2D eigenvalue weighted by molar-refractivity contribution is -0.154. The largest absolute Gasteiger partial charge is 0.452 e. The van der Waals surface area contributed by atoms with Gasteiger partial charge in [-0.15, -0.1) is 0 Å². The zero-order valence-corrected chi connectivity index (χ0v) is 15.5. The summed E-state index contributed by atoms with van der Waals surface area (Å²) < 4.78 is 5.09. The molecular weight excluding hydrogens is 366 g/mol. The molecular formula is C19H19N3O4S. The summed E-state index contributed by atoms with van der Waals surface area (Å²) in [4.78, 5) is 38.8. The summed E-state index contributed by atoms with van der Waals surface area (Å²) in [6.45, 7) is 1.79. The molecule has 3 N–H and O–H groups in total. The van der Waals surface area contributed by atoms with Crippen molar-refractivity contribution in [3.05, 3.63) is 48.5 Å². The number of fused-ring (bicyclic) bond motifs is 2. The number of para-hydroxylation sites is 2. The number of rotatable bonds is 5. The molecule has 3 rings (SSSR count). The smallest absolute Gasteiger partial charge is 0.318 e. The van der Waals surface area contributed by atoms with Gasteiger partial charge in [0.15, 0.2) is 6.10 Å². The number of esters is 1. The van der Waals surface area contributed by atoms with Gasteiger partial charge in [0.05, 0.1) is 17.8 Å². The third-order valence-corrected chi connectivity index (χ3v) is 5.13. The Kier molecular flexibility index (Phi) is 5.66. The topological polar surface area (TPSA) is 102 Å². The maximum absolute atomic E-state index is 12.2. The van der Waals surface area contributed by atoms with Crippen molar-refractivity contribution >= 4 is 41.0 Å². The summed E-state index contributed by atoms with van der Waals surface area (Å²) in [6.07, 6.45) is -1.01. The molecule has 140 valence electrons. The Labute approximate surface area is 160 Å². The molecule has 2 aromatic carbocycles. The fourth-order valence-electron chi connectivity index (χ4n) is 2.76. The SMILES string of the molecule is C[C@H](OC(=O)CCN1c2ccccc2Sc2ccccc21)C(=O)NC(N)=O. The van der Waals surface area contributed by atoms with E-state index in [0.717, 1.165) is 21.2 Å². The first-order valence-corrected chi connectivity index (χ1v) is 9.20. The lowest BCUT2D eigenvalue weighted by Gasteiger charge is -2.32. The minimum Gasteiger partial charge on any atom is -0.452 e. The Morgan fingerprint density at radius 2 is 1.63 bits per heavy atom. The number of carbonyl (C=O) groups is 3. The molecule has 0 spiro atoms. The number of amides is 3. The summed E-state index contributed by atoms with van der Waals surface area (Å²) in [6, 6.07) is 15.0. The van der Waals surface area contributed by atoms with Gasteiger partial charge in [-0.2, -0.15) is 0 Å². The zero-order valence-electron chi connectivity index (χ0n) is 14.7. The van der Waals surface area contributed by atoms with Crippen molar-refractivity contribution in [3.63, 3.8) is 0 Å². The molecule has 1 aliphatic heterocycles. The van der Waals surface area contributed by atoms with Crippen LogP contribution in [0.3, 0.4) is 0 Å². The first-order chi connectivity index (χ1) is 13.0. The minimum absolute atomic E-state index is 0.0848. The van der Waals surface area contributed by atoms with E-state index in [0.29, 0.717) is 6.54 Å². The first kappa shape index (κ1) is 18.8. The summed E-state index contributed by atoms with van der Waals surface area (Å²) >= 11 is 1.69. The number of anilines is 2. The van der Waals surface area contributed by atoms with Crippen molar-refractivity contribution in [2.75, 3.05) is 11.4 Å². The molecule has 0 aromatic heterocycles. The molecule has 7 nitrogen and oxygen atoms in total. The normalized spacial score (nSPS) is 13.1. The highest BCUT2D eigenvalue weighted by Gasteiger charge is 2.24. The van der Waals surface area contributed by atoms with Gasteiger partial charge < -0.3 is 15.4 Å². The number of imide groups is 1. The molecule has 0 radical (unpaired) electrons. The number of urea groups is 1. The molecule has 8 heteroatoms. The number of nitrogens with one attached hydrogen (secondary N) is 1. The van der Waals surface area contributed by atoms with E-state index in [1.807, 2.05) is 53.8 Å². The number of ether oxygens (including phenoxy) is 1. The number of nitrogens with two attached hydrogens (primary N) is 1. The van der Waals surface area contributed by atoms with Crippen molar-refractivity contribution in [3.8, 4) is 0 Å². The fourth-order valence-corrected chi connectivity index (χ4v) is 3.85. The maximum Gasteiger partial charge on any atom is 0.318 e. The molecule has 3 amide bonds. The van der Waals surface area contributed by atoms with Crippen LogP contribution in [0.2, 0.25) is 0 Å². The minimum atomic E-state index is -1.10. The highest BCUT2D eigenvalue weighted by molar-refractivity contribution is 7.99. The molecule has 1 heterocycles. The number of carbonyl (C=O) groups excluding carboxylic acids is 3. The molecule has 0 unspecified atom stereocenters. The van der Waals surface area contributed by atoms with E-state index in [1.54, 1.807) is 11.8 Å². The molecule has 0 aliphatic carbocycles. The van der Waals surface area contributed by atoms with E-state index >= 15 is 0 Å². The van der Waals surface area contributed by atoms with E-state index in [-0.39, 0.29) is 6.42 Å². The number of nitrogens with zero attached hydrogens (tertiary/aromatic N) is 1. The molecule has 2 aromatic rings. The Balaban J connectivity index is 1.68. The lowest BCUT2D eigenvalue weighted by Crippen LogP contribution is -2.42. The summed E-state index contributed by atoms with van der Waals surface area (Å²) in [5.41, 5.74) is 6.93. The predicted octanol–water partition coefficient (Wildman–Crippen LogP) is 2.81. The standard InChI is InChI=1S/C19H19N3O4S/c1-12(18(24)21-19(20)25)26-17(23)10-11-22-13-6-2-4-8-15(13)27-16-9-5-3-7-14(16)22/h2-9,12H,10-11H2,1H3,(H3,20,21,24,25)/t12-/m0/s1. The fraction of sp³-hybridized carbons (Fsp3) is 0.211. The zero-order chi connectivity index (χ0) is 19.4. The Morgan fingerprint density at radius 1 is 1.07 bits per heavy atom. The van der Waals surface area contributed by atoms with E-state index < -0.39 is 24.0 Å². The van der Waals surface area contributed by atoms with Crippen LogP contribution in [0.5, 0.6) is 0 Å². The number of hydrogen-bond donors (Lipinski definition) is 2. The van der Waals surface area contributed by atoms with Crippen LogP contribution in [0.25, 0.3) is 0 Å². The van der Waals surface area contributed by atoms with Gasteiger partial charge in [0.1, 0.15) is 0 Å². The van der Waals surface area contributed by atoms with Gasteiger partial charge in [-0.3, -0.25) is 14.9 Å². The average molecular weight is 385 g/mol. The predicted molar refractivity (Wildman–Crippen MR) is 102 cm³/mol. The van der Waals surface area contributed by atoms with E-state index in [9.17, 15) is 14.4 Å². The van der Waals surface area contributed by atoms with Crippen LogP contribution in [0, 0.1) is 0 Å². The van der Waals surface area contributed by atoms with Crippen LogP contribution in [-0.2, 0) is 14.3 Å². The molecule has 0 fully saturated rings. The second-order valence-corrected chi connectivity index (χ2v) is 7.01. The van der Waals surface area contributed by atoms with Crippen LogP contribution in [0.1, 0.15) is 13.3 Å². The molecule has 0 bridgehead atoms. The van der Waals surface area contributed by atoms with Crippen LogP contribution in [0.15, 0.2) is 58.3 Å². The van der Waals surface area contributed by atoms with Crippen LogP contribution < -0.4 is 16.0 Å². The van der Waals surface area contributed by atoms with Crippen LogP contribution >= 0.6 is 11.8 Å². The number of benzene rings is 2. The lowest BCUT2D eigenvalue weighted by atomic mass is 10.2. The van der Waals surface area contributed by atoms with Crippen molar-refractivity contribution in [2.24, 2.45) is 5.73 Å². The van der Waals surface area contributed by atoms with Crippen molar-refractivity contribution < 1.29 is 19.1 Å². The molecule has 0 saturated carbocycles. The Morgan fingerprint density at radius 3 is 2.19 bits per heavy atom. The van der Waals surface area contributed by atoms with Gasteiger partial charge in [0.2, 0.25) is 0 Å². The van der Waals surface area contributed by atoms with Gasteiger partial charge in [0.25, 0.3) is 5.91 Å². The van der Waals surface area contributed by atoms with E-state index in [1.165, 1.54) is 6.92 Å². The first-order valence-electron chi connectivity index (χ1n) is 8.39. The van der Waals surface area contributed by atoms with Crippen molar-refractivity contribution in [1.82, 2.24) is 5.32 Å². The highest BCUT2D eigenvalue weighted by Crippen LogP contribution is 2.47. The summed E-state index contributed by atoms with van der Waals surface area (Å²) in [5, 5.41) is 1.89. The third kappa shape index (κ3) is 4.40. The second kappa shape index (κ2) is 8.13. The van der Waals surface area contributed by atoms with Gasteiger partial charge in [0, 0.05) is 16.3 Å². The Bertz CT molecular complexity index is 841. The molecule has 27 heavy (non-hydrogen) atoms. The second-order valence-electron chi connectivity index (χ2n) is 5.92. The van der Waals surface area contributed by atoms with Gasteiger partial charge in [-0.1, -0.05) is 36.0 Å². The Hall–Kier alpha value is -3.00. The van der Waals surface area contributed by atoms with Crippen molar-refractivity contribution in [2.45, 2.75) is 29.2 Å². The summed E-state index contributed by atoms with van der Waals surface area (Å²) in [5.74, 6) is -1.28. The number of primary amides is 1. The molecule has 0 saturated heterocycles. The van der Waals surface area contributed by atoms with Crippen molar-refractivity contribution in [1.29, 1.82) is 0 Å². The summed E-state index contributed by atoms with van der Waals surface area (Å²) in [7, 11) is 0. The van der Waals surface area contributed by atoms with E-state index in [4.69, 9.17) is 10.5 Å². The van der Waals surface area contributed by atoms with E-state index in [2.05, 4.69) is 4.90 Å². The maximum atomic E-state index is 12.2. The quantitative estimate of drug-likeness (QED) is 0.768. The molecule has 1 aliphatic rings. The highest BCUT2D eigenvalue weighted by atomic mass is 32.2. The van der Waals surface area contributed by atoms with Crippen LogP contribution in [0.4, 0.5) is 16.2 Å². The monoisotopic (exact) mass is 385 g/mol. The van der Waals surface area contributed by atoms with Crippen LogP contribution in [-0.4, -0.2) is 30.6 Å².